The number of hydrogen-bond donors (Lipinski definition) is 0. The Morgan fingerprint density at radius 2 is 1.09 bits per heavy atom. The number of aryl methyl sites for hydroxylation is 1. The highest BCUT2D eigenvalue weighted by molar-refractivity contribution is 7.95. The molecule has 0 unspecified atom stereocenters. The average molecular weight is 454 g/mol. The molecular weight excluding hydrogens is 423 g/mol. The SMILES string of the molecule is Cc1cccc2c1-c1c(cccc1[P+](C)(c1ccccc1)c1ccccc1)OCCCCO2. The van der Waals surface area contributed by atoms with E-state index in [0.29, 0.717) is 13.2 Å². The maximum atomic E-state index is 6.45. The van der Waals surface area contributed by atoms with Gasteiger partial charge in [-0.15, -0.1) is 0 Å². The van der Waals surface area contributed by atoms with E-state index in [1.165, 1.54) is 27.0 Å². The highest BCUT2D eigenvalue weighted by Gasteiger charge is 2.43. The standard InChI is InChI=1S/C30H30O2P/c1-23-13-11-18-26-29(23)30-27(32-22-10-9-21-31-26)19-12-20-28(30)33(2,24-14-5-3-6-15-24)25-16-7-4-8-17-25/h3-8,11-20H,9-10,21-22H2,1-2H3/q+1. The lowest BCUT2D eigenvalue weighted by Crippen LogP contribution is -2.32. The van der Waals surface area contributed by atoms with Crippen molar-refractivity contribution in [2.24, 2.45) is 0 Å². The maximum absolute atomic E-state index is 6.45. The second-order valence-electron chi connectivity index (χ2n) is 8.68. The van der Waals surface area contributed by atoms with Crippen molar-refractivity contribution in [1.82, 2.24) is 0 Å². The van der Waals surface area contributed by atoms with Crippen LogP contribution in [0.1, 0.15) is 18.4 Å². The van der Waals surface area contributed by atoms with Gasteiger partial charge < -0.3 is 9.47 Å². The Morgan fingerprint density at radius 1 is 0.576 bits per heavy atom. The lowest BCUT2D eigenvalue weighted by Gasteiger charge is -2.28. The van der Waals surface area contributed by atoms with E-state index in [0.717, 1.165) is 29.9 Å². The second-order valence-corrected chi connectivity index (χ2v) is 12.2. The van der Waals surface area contributed by atoms with Gasteiger partial charge in [0.2, 0.25) is 0 Å². The number of fused-ring (bicyclic) bond motifs is 3. The van der Waals surface area contributed by atoms with Crippen LogP contribution in [-0.2, 0) is 0 Å². The first-order valence-electron chi connectivity index (χ1n) is 11.7. The molecule has 0 fully saturated rings. The first-order chi connectivity index (χ1) is 16.2. The summed E-state index contributed by atoms with van der Waals surface area (Å²) in [5.74, 6) is 1.90. The molecule has 5 rings (SSSR count). The fourth-order valence-electron chi connectivity index (χ4n) is 4.79. The van der Waals surface area contributed by atoms with Gasteiger partial charge in [0.05, 0.1) is 25.4 Å². The van der Waals surface area contributed by atoms with E-state index in [9.17, 15) is 0 Å². The quantitative estimate of drug-likeness (QED) is 0.347. The molecule has 4 aromatic rings. The van der Waals surface area contributed by atoms with Gasteiger partial charge in [0, 0.05) is 5.56 Å². The third kappa shape index (κ3) is 4.05. The lowest BCUT2D eigenvalue weighted by molar-refractivity contribution is 0.264. The van der Waals surface area contributed by atoms with Gasteiger partial charge in [-0.25, -0.2) is 0 Å². The van der Waals surface area contributed by atoms with Crippen LogP contribution in [0.3, 0.4) is 0 Å². The number of rotatable bonds is 3. The van der Waals surface area contributed by atoms with Crippen LogP contribution in [0.25, 0.3) is 11.1 Å². The molecule has 0 radical (unpaired) electrons. The van der Waals surface area contributed by atoms with Crippen LogP contribution in [0.15, 0.2) is 97.1 Å². The molecule has 0 saturated heterocycles. The Kier molecular flexibility index (Phi) is 6.20. The minimum Gasteiger partial charge on any atom is -0.493 e. The van der Waals surface area contributed by atoms with Crippen molar-refractivity contribution in [3.63, 3.8) is 0 Å². The van der Waals surface area contributed by atoms with Crippen LogP contribution in [-0.4, -0.2) is 19.9 Å². The first-order valence-corrected chi connectivity index (χ1v) is 13.9. The van der Waals surface area contributed by atoms with Crippen molar-refractivity contribution in [3.8, 4) is 22.6 Å². The molecule has 0 aliphatic carbocycles. The van der Waals surface area contributed by atoms with Gasteiger partial charge in [0.1, 0.15) is 34.7 Å². The normalized spacial score (nSPS) is 13.8. The summed E-state index contributed by atoms with van der Waals surface area (Å²) < 4.78 is 12.8. The van der Waals surface area contributed by atoms with E-state index < -0.39 is 7.26 Å². The molecule has 1 heterocycles. The zero-order valence-electron chi connectivity index (χ0n) is 19.3. The molecule has 2 nitrogen and oxygen atoms in total. The molecule has 0 N–H and O–H groups in total. The summed E-state index contributed by atoms with van der Waals surface area (Å²) >= 11 is 0. The largest absolute Gasteiger partial charge is 0.493 e. The van der Waals surface area contributed by atoms with E-state index in [1.54, 1.807) is 0 Å². The summed E-state index contributed by atoms with van der Waals surface area (Å²) in [7, 11) is -1.96. The molecule has 33 heavy (non-hydrogen) atoms. The highest BCUT2D eigenvalue weighted by Crippen LogP contribution is 2.55. The summed E-state index contributed by atoms with van der Waals surface area (Å²) in [5.41, 5.74) is 3.54. The smallest absolute Gasteiger partial charge is 0.131 e. The van der Waals surface area contributed by atoms with E-state index in [-0.39, 0.29) is 0 Å². The van der Waals surface area contributed by atoms with Gasteiger partial charge in [-0.2, -0.15) is 0 Å². The third-order valence-electron chi connectivity index (χ3n) is 6.57. The van der Waals surface area contributed by atoms with Crippen LogP contribution < -0.4 is 25.4 Å². The molecule has 0 bridgehead atoms. The molecule has 166 valence electrons. The lowest BCUT2D eigenvalue weighted by atomic mass is 9.98. The summed E-state index contributed by atoms with van der Waals surface area (Å²) in [6.07, 6.45) is 1.97. The molecule has 0 amide bonds. The molecular formula is C30H30O2P+. The predicted octanol–water partition coefficient (Wildman–Crippen LogP) is 6.14. The molecule has 1 aliphatic heterocycles. The van der Waals surface area contributed by atoms with Gasteiger partial charge in [0.15, 0.2) is 0 Å². The number of hydrogen-bond acceptors (Lipinski definition) is 2. The molecule has 0 atom stereocenters. The minimum absolute atomic E-state index is 0.701. The molecule has 4 aromatic carbocycles. The van der Waals surface area contributed by atoms with Crippen molar-refractivity contribution < 1.29 is 9.47 Å². The van der Waals surface area contributed by atoms with Gasteiger partial charge in [0.25, 0.3) is 0 Å². The molecule has 0 spiro atoms. The van der Waals surface area contributed by atoms with Gasteiger partial charge in [-0.3, -0.25) is 0 Å². The average Bonchev–Trinajstić information content (AvgIpc) is 2.87. The summed E-state index contributed by atoms with van der Waals surface area (Å²) in [6, 6.07) is 34.8. The fourth-order valence-corrected chi connectivity index (χ4v) is 8.24. The second kappa shape index (κ2) is 9.41. The van der Waals surface area contributed by atoms with Gasteiger partial charge in [-0.05, 0) is 67.8 Å². The Balaban J connectivity index is 1.86. The summed E-state index contributed by atoms with van der Waals surface area (Å²) in [6.45, 7) is 6.02. The van der Waals surface area contributed by atoms with Crippen LogP contribution in [0.5, 0.6) is 11.5 Å². The van der Waals surface area contributed by atoms with E-state index in [1.807, 2.05) is 0 Å². The van der Waals surface area contributed by atoms with Gasteiger partial charge in [-0.1, -0.05) is 54.6 Å². The van der Waals surface area contributed by atoms with Gasteiger partial charge >= 0.3 is 0 Å². The first kappa shape index (κ1) is 21.7. The molecule has 3 heteroatoms. The van der Waals surface area contributed by atoms with Crippen LogP contribution in [0.2, 0.25) is 0 Å². The summed E-state index contributed by atoms with van der Waals surface area (Å²) in [4.78, 5) is 0. The van der Waals surface area contributed by atoms with Crippen molar-refractivity contribution in [2.75, 3.05) is 19.9 Å². The molecule has 0 aromatic heterocycles. The Hall–Kier alpha value is -3.09. The Morgan fingerprint density at radius 3 is 1.67 bits per heavy atom. The zero-order valence-corrected chi connectivity index (χ0v) is 20.2. The maximum Gasteiger partial charge on any atom is 0.131 e. The fraction of sp³-hybridized carbons (Fsp3) is 0.200. The Labute approximate surface area is 197 Å². The minimum atomic E-state index is -1.96. The highest BCUT2D eigenvalue weighted by atomic mass is 31.2. The number of benzene rings is 4. The van der Waals surface area contributed by atoms with Crippen molar-refractivity contribution in [2.45, 2.75) is 19.8 Å². The van der Waals surface area contributed by atoms with E-state index in [4.69, 9.17) is 9.47 Å². The van der Waals surface area contributed by atoms with Crippen LogP contribution in [0, 0.1) is 6.92 Å². The van der Waals surface area contributed by atoms with Crippen molar-refractivity contribution >= 4 is 23.2 Å². The predicted molar refractivity (Wildman–Crippen MR) is 141 cm³/mol. The Bertz CT molecular complexity index is 1200. The van der Waals surface area contributed by atoms with Crippen molar-refractivity contribution in [1.29, 1.82) is 0 Å². The van der Waals surface area contributed by atoms with Crippen LogP contribution >= 0.6 is 7.26 Å². The summed E-state index contributed by atoms with van der Waals surface area (Å²) in [5, 5.41) is 4.05. The van der Waals surface area contributed by atoms with Crippen molar-refractivity contribution in [3.05, 3.63) is 103 Å². The third-order valence-corrected chi connectivity index (χ3v) is 10.6. The van der Waals surface area contributed by atoms with E-state index >= 15 is 0 Å². The topological polar surface area (TPSA) is 18.5 Å². The molecule has 0 saturated carbocycles. The zero-order chi connectivity index (χ0) is 22.7. The van der Waals surface area contributed by atoms with E-state index in [2.05, 4.69) is 111 Å². The monoisotopic (exact) mass is 453 g/mol. The number of ether oxygens (including phenoxy) is 2. The van der Waals surface area contributed by atoms with Crippen LogP contribution in [0.4, 0.5) is 0 Å². The molecule has 1 aliphatic rings.